The van der Waals surface area contributed by atoms with Crippen LogP contribution in [-0.4, -0.2) is 142 Å². The van der Waals surface area contributed by atoms with Gasteiger partial charge < -0.3 is 64.2 Å². The molecule has 7 N–H and O–H groups in total. The third-order valence-corrected chi connectivity index (χ3v) is 13.2. The molecule has 4 unspecified atom stereocenters. The zero-order valence-electron chi connectivity index (χ0n) is 43.3. The summed E-state index contributed by atoms with van der Waals surface area (Å²) in [6.45, 7) is 2.57. The Morgan fingerprint density at radius 2 is 0.900 bits per heavy atom. The highest BCUT2D eigenvalue weighted by molar-refractivity contribution is 5.70. The molecule has 0 saturated carbocycles. The molecule has 2 saturated heterocycles. The largest absolute Gasteiger partial charge is 0.462 e. The van der Waals surface area contributed by atoms with Gasteiger partial charge in [-0.25, -0.2) is 0 Å². The van der Waals surface area contributed by atoms with Gasteiger partial charge in [-0.15, -0.1) is 5.73 Å². The normalized spacial score (nSPS) is 25.2. The summed E-state index contributed by atoms with van der Waals surface area (Å²) in [4.78, 5) is 25.8. The molecule has 0 aliphatic carbocycles. The van der Waals surface area contributed by atoms with Gasteiger partial charge in [-0.05, 0) is 76.4 Å². The molecule has 0 aromatic heterocycles. The van der Waals surface area contributed by atoms with Crippen LogP contribution in [0.1, 0.15) is 213 Å². The number of rotatable bonds is 43. The third-order valence-electron chi connectivity index (χ3n) is 13.2. The Morgan fingerprint density at radius 3 is 1.40 bits per heavy atom. The number of esters is 2. The van der Waals surface area contributed by atoms with Crippen molar-refractivity contribution < 1.29 is 73.8 Å². The second-order valence-corrected chi connectivity index (χ2v) is 19.5. The van der Waals surface area contributed by atoms with Gasteiger partial charge in [0.15, 0.2) is 18.7 Å². The number of ether oxygens (including phenoxy) is 6. The predicted molar refractivity (Wildman–Crippen MR) is 269 cm³/mol. The van der Waals surface area contributed by atoms with Crippen molar-refractivity contribution in [1.29, 1.82) is 0 Å². The molecule has 70 heavy (non-hydrogen) atoms. The van der Waals surface area contributed by atoms with Crippen molar-refractivity contribution in [2.45, 2.75) is 280 Å². The highest BCUT2D eigenvalue weighted by Gasteiger charge is 2.47. The van der Waals surface area contributed by atoms with E-state index in [-0.39, 0.29) is 26.1 Å². The Morgan fingerprint density at radius 1 is 0.486 bits per heavy atom. The molecule has 15 heteroatoms. The summed E-state index contributed by atoms with van der Waals surface area (Å²) in [5.41, 5.74) is 3.29. The van der Waals surface area contributed by atoms with Crippen LogP contribution < -0.4 is 0 Å². The third kappa shape index (κ3) is 29.5. The maximum absolute atomic E-state index is 13.0. The second-order valence-electron chi connectivity index (χ2n) is 19.5. The zero-order valence-corrected chi connectivity index (χ0v) is 43.3. The number of carbonyl (C=O) groups is 2. The Hall–Kier alpha value is -2.24. The van der Waals surface area contributed by atoms with Gasteiger partial charge in [0, 0.05) is 12.8 Å². The minimum atomic E-state index is -1.77. The lowest BCUT2D eigenvalue weighted by Crippen LogP contribution is -2.61. The van der Waals surface area contributed by atoms with Gasteiger partial charge in [-0.2, -0.15) is 0 Å². The van der Waals surface area contributed by atoms with Gasteiger partial charge in [0.2, 0.25) is 0 Å². The summed E-state index contributed by atoms with van der Waals surface area (Å²) in [5, 5.41) is 72.2. The number of allylic oxidation sites excluding steroid dienone is 3. The molecule has 0 amide bonds. The molecular weight excluding hydrogens is 901 g/mol. The molecule has 2 rings (SSSR count). The summed E-state index contributed by atoms with van der Waals surface area (Å²) in [5.74, 6) is -0.942. The Bertz CT molecular complexity index is 1370. The first kappa shape index (κ1) is 63.9. The van der Waals surface area contributed by atoms with Crippen LogP contribution in [0.5, 0.6) is 0 Å². The van der Waals surface area contributed by atoms with E-state index in [0.29, 0.717) is 12.8 Å². The fourth-order valence-electron chi connectivity index (χ4n) is 8.60. The Labute approximate surface area is 421 Å². The van der Waals surface area contributed by atoms with Gasteiger partial charge in [0.05, 0.1) is 19.8 Å². The Kier molecular flexibility index (Phi) is 38.5. The van der Waals surface area contributed by atoms with Crippen molar-refractivity contribution in [2.24, 2.45) is 0 Å². The molecule has 0 aromatic rings. The fourth-order valence-corrected chi connectivity index (χ4v) is 8.60. The van der Waals surface area contributed by atoms with E-state index in [0.717, 1.165) is 64.2 Å². The molecule has 11 atom stereocenters. The van der Waals surface area contributed by atoms with Gasteiger partial charge in [-0.3, -0.25) is 9.59 Å². The van der Waals surface area contributed by atoms with E-state index >= 15 is 0 Å². The van der Waals surface area contributed by atoms with Crippen molar-refractivity contribution in [2.75, 3.05) is 26.4 Å². The molecule has 0 bridgehead atoms. The van der Waals surface area contributed by atoms with Crippen molar-refractivity contribution in [3.05, 3.63) is 30.0 Å². The summed E-state index contributed by atoms with van der Waals surface area (Å²) >= 11 is 0. The van der Waals surface area contributed by atoms with Gasteiger partial charge in [0.25, 0.3) is 0 Å². The second kappa shape index (κ2) is 42.2. The van der Waals surface area contributed by atoms with E-state index in [2.05, 4.69) is 43.9 Å². The van der Waals surface area contributed by atoms with E-state index < -0.39 is 92.7 Å². The molecule has 0 radical (unpaired) electrons. The number of aliphatic hydroxyl groups is 7. The van der Waals surface area contributed by atoms with E-state index in [1.54, 1.807) is 0 Å². The van der Waals surface area contributed by atoms with Crippen LogP contribution in [0.25, 0.3) is 0 Å². The van der Waals surface area contributed by atoms with Crippen LogP contribution in [0.4, 0.5) is 0 Å². The molecule has 2 aliphatic heterocycles. The number of aliphatic hydroxyl groups excluding tert-OH is 7. The molecule has 0 aromatic carbocycles. The van der Waals surface area contributed by atoms with E-state index in [1.807, 2.05) is 0 Å². The number of hydrogen-bond acceptors (Lipinski definition) is 15. The van der Waals surface area contributed by atoms with Crippen LogP contribution in [0.2, 0.25) is 0 Å². The standard InChI is InChI=1S/C55H98O15/c1-3-5-7-9-11-13-15-17-19-20-21-22-24-26-28-30-32-34-36-38-47(58)68-43(40-65-46(57)37-35-33-31-29-27-25-23-18-16-14-12-10-8-6-4-2)41-66-54-53(64)51(62)49(60)45(70-54)42-67-55-52(63)50(61)48(59)44(39-56)69-55/h16-17,19,23,43-45,48-56,59-64H,3-15,20-22,24-42H2,1-2H3/b19-17+/t18?,43-,44+,45+,48-,49-,50?,51?,52?,53?,54+,55+/m1/s1. The monoisotopic (exact) mass is 999 g/mol. The SMILES string of the molecule is CCCCCCCC=C=CCCCCCCCC(=O)OC[C@H](CO[C@H]1O[C@@H](CO[C@H]2O[C@@H](CO)[C@@H](O)C(O)C2O)[C@@H](O)C(O)C1O)OC(=O)CCCCCCCCCCC/C=C/CCCCCCCC. The zero-order chi connectivity index (χ0) is 51.0. The van der Waals surface area contributed by atoms with E-state index in [4.69, 9.17) is 28.4 Å². The van der Waals surface area contributed by atoms with Crippen LogP contribution in [0, 0.1) is 0 Å². The van der Waals surface area contributed by atoms with Crippen LogP contribution in [0.3, 0.4) is 0 Å². The van der Waals surface area contributed by atoms with E-state index in [1.165, 1.54) is 109 Å². The molecule has 2 heterocycles. The van der Waals surface area contributed by atoms with Crippen molar-refractivity contribution in [3.63, 3.8) is 0 Å². The highest BCUT2D eigenvalue weighted by atomic mass is 16.7. The number of carbonyl (C=O) groups excluding carboxylic acids is 2. The molecule has 0 spiro atoms. The lowest BCUT2D eigenvalue weighted by Gasteiger charge is -2.42. The lowest BCUT2D eigenvalue weighted by atomic mass is 9.98. The summed E-state index contributed by atoms with van der Waals surface area (Å²) < 4.78 is 33.6. The number of hydrogen-bond donors (Lipinski definition) is 7. The summed E-state index contributed by atoms with van der Waals surface area (Å²) in [7, 11) is 0. The highest BCUT2D eigenvalue weighted by Crippen LogP contribution is 2.26. The quantitative estimate of drug-likeness (QED) is 0.0131. The first-order chi connectivity index (χ1) is 34.0. The first-order valence-electron chi connectivity index (χ1n) is 27.7. The van der Waals surface area contributed by atoms with E-state index in [9.17, 15) is 45.3 Å². The molecule has 2 aliphatic rings. The minimum absolute atomic E-state index is 0.160. The molecule has 408 valence electrons. The summed E-state index contributed by atoms with van der Waals surface area (Å²) in [6.07, 6.45) is 25.5. The average Bonchev–Trinajstić information content (AvgIpc) is 3.35. The lowest BCUT2D eigenvalue weighted by molar-refractivity contribution is -0.332. The van der Waals surface area contributed by atoms with Crippen molar-refractivity contribution in [3.8, 4) is 0 Å². The average molecular weight is 999 g/mol. The van der Waals surface area contributed by atoms with Gasteiger partial charge in [0.1, 0.15) is 55.4 Å². The topological polar surface area (TPSA) is 231 Å². The predicted octanol–water partition coefficient (Wildman–Crippen LogP) is 8.48. The maximum Gasteiger partial charge on any atom is 0.306 e. The molecule has 15 nitrogen and oxygen atoms in total. The smallest absolute Gasteiger partial charge is 0.306 e. The first-order valence-corrected chi connectivity index (χ1v) is 27.7. The van der Waals surface area contributed by atoms with Crippen LogP contribution >= 0.6 is 0 Å². The van der Waals surface area contributed by atoms with Gasteiger partial charge >= 0.3 is 11.9 Å². The van der Waals surface area contributed by atoms with Crippen LogP contribution in [-0.2, 0) is 38.0 Å². The van der Waals surface area contributed by atoms with Crippen LogP contribution in [0.15, 0.2) is 30.0 Å². The minimum Gasteiger partial charge on any atom is -0.462 e. The Balaban J connectivity index is 1.79. The summed E-state index contributed by atoms with van der Waals surface area (Å²) in [6, 6.07) is 0. The number of unbranched alkanes of at least 4 members (excludes halogenated alkanes) is 25. The maximum atomic E-state index is 13.0. The molecular formula is C55H98O15. The van der Waals surface area contributed by atoms with Gasteiger partial charge in [-0.1, -0.05) is 148 Å². The van der Waals surface area contributed by atoms with Crippen molar-refractivity contribution in [1.82, 2.24) is 0 Å². The molecule has 2 fully saturated rings. The van der Waals surface area contributed by atoms with Crippen molar-refractivity contribution >= 4 is 11.9 Å². The fraction of sp³-hybridized carbons (Fsp3) is 0.873.